The Balaban J connectivity index is 1.66. The maximum atomic E-state index is 12.6. The van der Waals surface area contributed by atoms with Gasteiger partial charge in [0.25, 0.3) is 0 Å². The summed E-state index contributed by atoms with van der Waals surface area (Å²) in [6, 6.07) is 13.7. The Hall–Kier alpha value is -3.06. The molecule has 0 spiro atoms. The van der Waals surface area contributed by atoms with E-state index in [1.54, 1.807) is 18.7 Å². The van der Waals surface area contributed by atoms with Crippen molar-refractivity contribution in [1.29, 1.82) is 0 Å². The van der Waals surface area contributed by atoms with Crippen LogP contribution in [-0.4, -0.2) is 41.2 Å². The van der Waals surface area contributed by atoms with E-state index in [9.17, 15) is 4.79 Å². The molecule has 3 aromatic rings. The average Bonchev–Trinajstić information content (AvgIpc) is 3.16. The maximum absolute atomic E-state index is 12.6. The molecule has 31 heavy (non-hydrogen) atoms. The molecule has 4 rings (SSSR count). The van der Waals surface area contributed by atoms with Gasteiger partial charge in [0.05, 0.1) is 32.5 Å². The van der Waals surface area contributed by atoms with Crippen molar-refractivity contribution in [3.63, 3.8) is 0 Å². The molecule has 0 radical (unpaired) electrons. The number of nitrogens with zero attached hydrogens (tertiary/aromatic N) is 4. The van der Waals surface area contributed by atoms with Crippen LogP contribution in [0.15, 0.2) is 42.5 Å². The Morgan fingerprint density at radius 1 is 1.16 bits per heavy atom. The van der Waals surface area contributed by atoms with Crippen LogP contribution in [0.25, 0.3) is 0 Å². The lowest BCUT2D eigenvalue weighted by molar-refractivity contribution is 0.0518. The summed E-state index contributed by atoms with van der Waals surface area (Å²) in [5, 5.41) is 9.18. The monoisotopic (exact) mass is 440 g/mol. The zero-order valence-corrected chi connectivity index (χ0v) is 18.4. The Kier molecular flexibility index (Phi) is 6.42. The molecule has 0 fully saturated rings. The lowest BCUT2D eigenvalue weighted by atomic mass is 10.0. The van der Waals surface area contributed by atoms with Crippen molar-refractivity contribution in [2.45, 2.75) is 32.9 Å². The molecular weight excluding hydrogens is 416 g/mol. The van der Waals surface area contributed by atoms with Gasteiger partial charge >= 0.3 is 5.97 Å². The van der Waals surface area contributed by atoms with Gasteiger partial charge in [-0.1, -0.05) is 28.9 Å². The summed E-state index contributed by atoms with van der Waals surface area (Å²) >= 11 is 6.19. The summed E-state index contributed by atoms with van der Waals surface area (Å²) in [4.78, 5) is 14.8. The summed E-state index contributed by atoms with van der Waals surface area (Å²) in [5.74, 6) is 0.338. The first kappa shape index (κ1) is 21.2. The number of esters is 1. The number of carbonyl (C=O) groups excluding carboxylic acids is 1. The normalized spacial score (nSPS) is 13.1. The number of rotatable bonds is 7. The van der Waals surface area contributed by atoms with Gasteiger partial charge in [-0.2, -0.15) is 0 Å². The van der Waals surface area contributed by atoms with E-state index in [1.165, 1.54) is 5.56 Å². The second kappa shape index (κ2) is 9.39. The summed E-state index contributed by atoms with van der Waals surface area (Å²) in [5.41, 5.74) is 4.37. The lowest BCUT2D eigenvalue weighted by Crippen LogP contribution is -2.31. The van der Waals surface area contributed by atoms with Gasteiger partial charge in [0.15, 0.2) is 5.69 Å². The number of fused-ring (bicyclic) bond motifs is 1. The second-order valence-electron chi connectivity index (χ2n) is 7.41. The average molecular weight is 441 g/mol. The van der Waals surface area contributed by atoms with E-state index in [4.69, 9.17) is 21.1 Å². The summed E-state index contributed by atoms with van der Waals surface area (Å²) < 4.78 is 12.2. The fraction of sp³-hybridized carbons (Fsp3) is 0.348. The SMILES string of the molecule is CCOC(=O)c1nnn(Cc2ccc(OC)cc2)c1CN1CCCc2cc(Cl)ccc21. The van der Waals surface area contributed by atoms with Crippen LogP contribution in [0.1, 0.15) is 40.7 Å². The van der Waals surface area contributed by atoms with Crippen LogP contribution in [0, 0.1) is 0 Å². The van der Waals surface area contributed by atoms with E-state index in [1.807, 2.05) is 42.5 Å². The summed E-state index contributed by atoms with van der Waals surface area (Å²) in [6.45, 7) is 3.95. The maximum Gasteiger partial charge on any atom is 0.360 e. The fourth-order valence-electron chi connectivity index (χ4n) is 3.87. The number of hydrogen-bond donors (Lipinski definition) is 0. The van der Waals surface area contributed by atoms with Gasteiger partial charge < -0.3 is 14.4 Å². The highest BCUT2D eigenvalue weighted by molar-refractivity contribution is 6.30. The molecule has 0 atom stereocenters. The first-order valence-electron chi connectivity index (χ1n) is 10.3. The molecule has 2 heterocycles. The van der Waals surface area contributed by atoms with Crippen LogP contribution in [0.4, 0.5) is 5.69 Å². The number of carbonyl (C=O) groups is 1. The van der Waals surface area contributed by atoms with Crippen LogP contribution in [0.5, 0.6) is 5.75 Å². The number of anilines is 1. The first-order chi connectivity index (χ1) is 15.1. The van der Waals surface area contributed by atoms with E-state index in [2.05, 4.69) is 15.2 Å². The highest BCUT2D eigenvalue weighted by Crippen LogP contribution is 2.31. The zero-order chi connectivity index (χ0) is 21.8. The quantitative estimate of drug-likeness (QED) is 0.515. The van der Waals surface area contributed by atoms with Crippen LogP contribution in [-0.2, 0) is 24.2 Å². The highest BCUT2D eigenvalue weighted by Gasteiger charge is 2.25. The van der Waals surface area contributed by atoms with Gasteiger partial charge in [-0.05, 0) is 61.2 Å². The van der Waals surface area contributed by atoms with Crippen LogP contribution < -0.4 is 9.64 Å². The molecule has 8 heteroatoms. The molecule has 1 aromatic heterocycles. The van der Waals surface area contributed by atoms with Gasteiger partial charge in [0, 0.05) is 17.3 Å². The van der Waals surface area contributed by atoms with Gasteiger partial charge in [0.2, 0.25) is 0 Å². The standard InChI is InChI=1S/C23H25ClN4O3/c1-3-31-23(29)22-21(15-27-12-4-5-17-13-18(24)8-11-20(17)27)28(26-25-22)14-16-6-9-19(30-2)10-7-16/h6-11,13H,3-5,12,14-15H2,1-2H3. The van der Waals surface area contributed by atoms with Crippen molar-refractivity contribution in [3.05, 3.63) is 70.0 Å². The second-order valence-corrected chi connectivity index (χ2v) is 7.85. The number of methoxy groups -OCH3 is 1. The minimum atomic E-state index is -0.452. The first-order valence-corrected chi connectivity index (χ1v) is 10.7. The fourth-order valence-corrected chi connectivity index (χ4v) is 4.06. The molecule has 7 nitrogen and oxygen atoms in total. The molecule has 1 aliphatic heterocycles. The van der Waals surface area contributed by atoms with E-state index >= 15 is 0 Å². The number of aryl methyl sites for hydroxylation is 1. The smallest absolute Gasteiger partial charge is 0.360 e. The molecule has 1 aliphatic rings. The van der Waals surface area contributed by atoms with Gasteiger partial charge in [-0.15, -0.1) is 5.10 Å². The van der Waals surface area contributed by atoms with Crippen molar-refractivity contribution >= 4 is 23.3 Å². The van der Waals surface area contributed by atoms with E-state index in [0.29, 0.717) is 13.1 Å². The lowest BCUT2D eigenvalue weighted by Gasteiger charge is -2.31. The van der Waals surface area contributed by atoms with Crippen LogP contribution >= 0.6 is 11.6 Å². The van der Waals surface area contributed by atoms with Crippen molar-refractivity contribution in [2.24, 2.45) is 0 Å². The number of benzene rings is 2. The zero-order valence-electron chi connectivity index (χ0n) is 17.7. The van der Waals surface area contributed by atoms with Crippen LogP contribution in [0.3, 0.4) is 0 Å². The Morgan fingerprint density at radius 2 is 1.97 bits per heavy atom. The van der Waals surface area contributed by atoms with Crippen molar-refractivity contribution in [1.82, 2.24) is 15.0 Å². The van der Waals surface area contributed by atoms with Crippen LogP contribution in [0.2, 0.25) is 5.02 Å². The van der Waals surface area contributed by atoms with Gasteiger partial charge in [-0.3, -0.25) is 0 Å². The van der Waals surface area contributed by atoms with Gasteiger partial charge in [0.1, 0.15) is 5.75 Å². The molecule has 0 aliphatic carbocycles. The largest absolute Gasteiger partial charge is 0.497 e. The number of ether oxygens (including phenoxy) is 2. The number of aromatic nitrogens is 3. The van der Waals surface area contributed by atoms with Crippen molar-refractivity contribution in [2.75, 3.05) is 25.2 Å². The molecule has 0 unspecified atom stereocenters. The predicted octanol–water partition coefficient (Wildman–Crippen LogP) is 4.12. The number of halogens is 1. The summed E-state index contributed by atoms with van der Waals surface area (Å²) in [6.07, 6.45) is 2.00. The topological polar surface area (TPSA) is 69.5 Å². The summed E-state index contributed by atoms with van der Waals surface area (Å²) in [7, 11) is 1.64. The molecule has 0 amide bonds. The number of hydrogen-bond acceptors (Lipinski definition) is 6. The third-order valence-corrected chi connectivity index (χ3v) is 5.63. The molecule has 0 N–H and O–H groups in total. The molecule has 0 bridgehead atoms. The molecular formula is C23H25ClN4O3. The minimum Gasteiger partial charge on any atom is -0.497 e. The Bertz CT molecular complexity index is 1070. The molecule has 162 valence electrons. The third kappa shape index (κ3) is 4.66. The Morgan fingerprint density at radius 3 is 2.71 bits per heavy atom. The predicted molar refractivity (Wildman–Crippen MR) is 119 cm³/mol. The van der Waals surface area contributed by atoms with E-state index in [-0.39, 0.29) is 12.3 Å². The van der Waals surface area contributed by atoms with E-state index in [0.717, 1.165) is 47.1 Å². The van der Waals surface area contributed by atoms with Crippen molar-refractivity contribution < 1.29 is 14.3 Å². The third-order valence-electron chi connectivity index (χ3n) is 5.39. The minimum absolute atomic E-state index is 0.261. The van der Waals surface area contributed by atoms with E-state index < -0.39 is 5.97 Å². The molecule has 2 aromatic carbocycles. The Labute approximate surface area is 186 Å². The van der Waals surface area contributed by atoms with Gasteiger partial charge in [-0.25, -0.2) is 9.48 Å². The molecule has 0 saturated heterocycles. The molecule has 0 saturated carbocycles. The van der Waals surface area contributed by atoms with Crippen molar-refractivity contribution in [3.8, 4) is 5.75 Å². The highest BCUT2D eigenvalue weighted by atomic mass is 35.5.